The molecule has 2 N–H and O–H groups in total. The summed E-state index contributed by atoms with van der Waals surface area (Å²) < 4.78 is 0. The molecular formula is C23H21Cl2N3O3. The largest absolute Gasteiger partial charge is 0.350 e. The predicted molar refractivity (Wildman–Crippen MR) is 121 cm³/mol. The highest BCUT2D eigenvalue weighted by molar-refractivity contribution is 6.48. The van der Waals surface area contributed by atoms with E-state index < -0.39 is 11.8 Å². The molecule has 0 bridgehead atoms. The molecule has 2 aromatic carbocycles. The third kappa shape index (κ3) is 4.60. The second-order valence-corrected chi connectivity index (χ2v) is 8.44. The summed E-state index contributed by atoms with van der Waals surface area (Å²) in [6.45, 7) is 0. The van der Waals surface area contributed by atoms with Gasteiger partial charge >= 0.3 is 0 Å². The standard InChI is InChI=1S/C23H21Cl2N3O3/c24-15-5-4-6-17(13-15)27-21(29)14-9-11-16(12-10-14)26-20-19(25)22(30)28(23(20)31)18-7-2-1-3-8-18/h4-6,9-13,18,26H,1-3,7-8H2,(H,27,29). The number of anilines is 2. The summed E-state index contributed by atoms with van der Waals surface area (Å²) in [5.41, 5.74) is 1.66. The zero-order chi connectivity index (χ0) is 22.0. The molecule has 0 atom stereocenters. The molecule has 0 spiro atoms. The Morgan fingerprint density at radius 2 is 1.61 bits per heavy atom. The topological polar surface area (TPSA) is 78.5 Å². The van der Waals surface area contributed by atoms with E-state index in [-0.39, 0.29) is 22.7 Å². The first-order valence-corrected chi connectivity index (χ1v) is 10.9. The van der Waals surface area contributed by atoms with Crippen LogP contribution in [-0.2, 0) is 9.59 Å². The van der Waals surface area contributed by atoms with E-state index in [9.17, 15) is 14.4 Å². The molecule has 0 radical (unpaired) electrons. The highest BCUT2D eigenvalue weighted by Gasteiger charge is 2.42. The van der Waals surface area contributed by atoms with Gasteiger partial charge in [0.15, 0.2) is 0 Å². The van der Waals surface area contributed by atoms with Crippen molar-refractivity contribution in [2.45, 2.75) is 38.1 Å². The lowest BCUT2D eigenvalue weighted by Gasteiger charge is -2.29. The molecule has 2 aromatic rings. The van der Waals surface area contributed by atoms with Gasteiger partial charge in [0.1, 0.15) is 10.7 Å². The molecule has 1 heterocycles. The van der Waals surface area contributed by atoms with Gasteiger partial charge in [-0.1, -0.05) is 48.5 Å². The van der Waals surface area contributed by atoms with Crippen molar-refractivity contribution in [1.29, 1.82) is 0 Å². The van der Waals surface area contributed by atoms with Gasteiger partial charge in [0.25, 0.3) is 17.7 Å². The van der Waals surface area contributed by atoms with Crippen LogP contribution in [-0.4, -0.2) is 28.7 Å². The first-order chi connectivity index (χ1) is 14.9. The van der Waals surface area contributed by atoms with Gasteiger partial charge < -0.3 is 10.6 Å². The van der Waals surface area contributed by atoms with E-state index in [4.69, 9.17) is 23.2 Å². The number of nitrogens with zero attached hydrogens (tertiary/aromatic N) is 1. The number of rotatable bonds is 5. The van der Waals surface area contributed by atoms with Crippen LogP contribution in [0.15, 0.2) is 59.3 Å². The minimum atomic E-state index is -0.446. The maximum absolute atomic E-state index is 12.9. The Bertz CT molecular complexity index is 1060. The Balaban J connectivity index is 1.44. The fourth-order valence-corrected chi connectivity index (χ4v) is 4.33. The molecule has 1 saturated carbocycles. The molecule has 160 valence electrons. The van der Waals surface area contributed by atoms with Gasteiger partial charge in [0.05, 0.1) is 0 Å². The van der Waals surface area contributed by atoms with Crippen LogP contribution in [0.5, 0.6) is 0 Å². The molecule has 1 aliphatic heterocycles. The summed E-state index contributed by atoms with van der Waals surface area (Å²) in [7, 11) is 0. The maximum Gasteiger partial charge on any atom is 0.279 e. The average Bonchev–Trinajstić information content (AvgIpc) is 2.98. The Hall–Kier alpha value is -2.83. The zero-order valence-corrected chi connectivity index (χ0v) is 18.2. The van der Waals surface area contributed by atoms with Crippen LogP contribution in [0.1, 0.15) is 42.5 Å². The molecule has 8 heteroatoms. The van der Waals surface area contributed by atoms with E-state index in [0.29, 0.717) is 22.0 Å². The molecule has 4 rings (SSSR count). The quantitative estimate of drug-likeness (QED) is 0.607. The smallest absolute Gasteiger partial charge is 0.279 e. The normalized spacial score (nSPS) is 17.3. The first kappa shape index (κ1) is 21.4. The van der Waals surface area contributed by atoms with Crippen LogP contribution in [0, 0.1) is 0 Å². The van der Waals surface area contributed by atoms with Crippen molar-refractivity contribution < 1.29 is 14.4 Å². The number of imide groups is 1. The van der Waals surface area contributed by atoms with Crippen molar-refractivity contribution in [3.05, 3.63) is 69.8 Å². The number of carbonyl (C=O) groups is 3. The fraction of sp³-hybridized carbons (Fsp3) is 0.261. The van der Waals surface area contributed by atoms with Crippen LogP contribution in [0.4, 0.5) is 11.4 Å². The summed E-state index contributed by atoms with van der Waals surface area (Å²) in [6, 6.07) is 13.3. The number of carbonyl (C=O) groups excluding carboxylic acids is 3. The van der Waals surface area contributed by atoms with Crippen molar-refractivity contribution in [3.8, 4) is 0 Å². The molecule has 6 nitrogen and oxygen atoms in total. The third-order valence-electron chi connectivity index (χ3n) is 5.50. The van der Waals surface area contributed by atoms with Crippen molar-refractivity contribution in [1.82, 2.24) is 4.90 Å². The number of hydrogen-bond donors (Lipinski definition) is 2. The van der Waals surface area contributed by atoms with E-state index in [2.05, 4.69) is 10.6 Å². The lowest BCUT2D eigenvalue weighted by molar-refractivity contribution is -0.140. The van der Waals surface area contributed by atoms with E-state index in [0.717, 1.165) is 32.1 Å². The lowest BCUT2D eigenvalue weighted by atomic mass is 9.94. The zero-order valence-electron chi connectivity index (χ0n) is 16.7. The van der Waals surface area contributed by atoms with Gasteiger partial charge in [0, 0.05) is 28.0 Å². The Morgan fingerprint density at radius 3 is 2.29 bits per heavy atom. The molecule has 31 heavy (non-hydrogen) atoms. The number of nitrogens with one attached hydrogen (secondary N) is 2. The van der Waals surface area contributed by atoms with Crippen molar-refractivity contribution in [3.63, 3.8) is 0 Å². The van der Waals surface area contributed by atoms with Crippen LogP contribution in [0.3, 0.4) is 0 Å². The minimum Gasteiger partial charge on any atom is -0.350 e. The predicted octanol–water partition coefficient (Wildman–Crippen LogP) is 5.16. The van der Waals surface area contributed by atoms with E-state index in [1.165, 1.54) is 4.90 Å². The van der Waals surface area contributed by atoms with Crippen LogP contribution < -0.4 is 10.6 Å². The van der Waals surface area contributed by atoms with E-state index >= 15 is 0 Å². The second kappa shape index (κ2) is 9.12. The van der Waals surface area contributed by atoms with E-state index in [1.807, 2.05) is 0 Å². The molecule has 3 amide bonds. The number of benzene rings is 2. The summed E-state index contributed by atoms with van der Waals surface area (Å²) >= 11 is 12.1. The van der Waals surface area contributed by atoms with Crippen LogP contribution >= 0.6 is 23.2 Å². The molecule has 1 aliphatic carbocycles. The number of hydrogen-bond acceptors (Lipinski definition) is 4. The second-order valence-electron chi connectivity index (χ2n) is 7.63. The summed E-state index contributed by atoms with van der Waals surface area (Å²) in [6.07, 6.45) is 4.74. The SMILES string of the molecule is O=C(Nc1cccc(Cl)c1)c1ccc(NC2=C(Cl)C(=O)N(C3CCCCC3)C2=O)cc1. The highest BCUT2D eigenvalue weighted by Crippen LogP contribution is 2.32. The molecular weight excluding hydrogens is 437 g/mol. The minimum absolute atomic E-state index is 0.0772. The number of amides is 3. The Labute approximate surface area is 190 Å². The van der Waals surface area contributed by atoms with Crippen LogP contribution in [0.25, 0.3) is 0 Å². The summed E-state index contributed by atoms with van der Waals surface area (Å²) in [4.78, 5) is 39.2. The van der Waals surface area contributed by atoms with Gasteiger partial charge in [-0.25, -0.2) is 0 Å². The molecule has 0 saturated heterocycles. The summed E-state index contributed by atoms with van der Waals surface area (Å²) in [5.74, 6) is -1.13. The van der Waals surface area contributed by atoms with Gasteiger partial charge in [-0.3, -0.25) is 19.3 Å². The summed E-state index contributed by atoms with van der Waals surface area (Å²) in [5, 5.41) is 6.15. The Morgan fingerprint density at radius 1 is 0.903 bits per heavy atom. The fourth-order valence-electron chi connectivity index (χ4n) is 3.92. The number of halogens is 2. The Kier molecular flexibility index (Phi) is 6.30. The maximum atomic E-state index is 12.9. The van der Waals surface area contributed by atoms with Gasteiger partial charge in [-0.2, -0.15) is 0 Å². The highest BCUT2D eigenvalue weighted by atomic mass is 35.5. The monoisotopic (exact) mass is 457 g/mol. The van der Waals surface area contributed by atoms with Crippen LogP contribution in [0.2, 0.25) is 5.02 Å². The molecule has 1 fully saturated rings. The first-order valence-electron chi connectivity index (χ1n) is 10.2. The van der Waals surface area contributed by atoms with Gasteiger partial charge in [-0.05, 0) is 55.3 Å². The van der Waals surface area contributed by atoms with Crippen molar-refractivity contribution >= 4 is 52.3 Å². The molecule has 0 unspecified atom stereocenters. The van der Waals surface area contributed by atoms with Crippen molar-refractivity contribution in [2.24, 2.45) is 0 Å². The van der Waals surface area contributed by atoms with Gasteiger partial charge in [-0.15, -0.1) is 0 Å². The third-order valence-corrected chi connectivity index (χ3v) is 6.08. The lowest BCUT2D eigenvalue weighted by Crippen LogP contribution is -2.42. The average molecular weight is 458 g/mol. The molecule has 2 aliphatic rings. The van der Waals surface area contributed by atoms with Gasteiger partial charge in [0.2, 0.25) is 0 Å². The molecule has 0 aromatic heterocycles. The van der Waals surface area contributed by atoms with E-state index in [1.54, 1.807) is 48.5 Å². The van der Waals surface area contributed by atoms with Crippen molar-refractivity contribution in [2.75, 3.05) is 10.6 Å².